The Kier molecular flexibility index (Phi) is 5.33. The lowest BCUT2D eigenvalue weighted by molar-refractivity contribution is -0.136. The van der Waals surface area contributed by atoms with Gasteiger partial charge in [0.25, 0.3) is 0 Å². The van der Waals surface area contributed by atoms with Crippen molar-refractivity contribution in [2.24, 2.45) is 17.6 Å². The maximum Gasteiger partial charge on any atom is 0.307 e. The van der Waals surface area contributed by atoms with Gasteiger partial charge in [-0.05, 0) is 55.8 Å². The second-order valence-corrected chi connectivity index (χ2v) is 5.71. The molecular weight excluding hydrogens is 268 g/mol. The van der Waals surface area contributed by atoms with Crippen LogP contribution in [0.25, 0.3) is 0 Å². The van der Waals surface area contributed by atoms with E-state index < -0.39 is 5.97 Å². The van der Waals surface area contributed by atoms with Crippen LogP contribution in [-0.4, -0.2) is 23.5 Å². The molecule has 1 aliphatic carbocycles. The van der Waals surface area contributed by atoms with E-state index >= 15 is 0 Å². The third-order valence-electron chi connectivity index (χ3n) is 4.13. The van der Waals surface area contributed by atoms with Gasteiger partial charge in [0, 0.05) is 11.6 Å². The van der Waals surface area contributed by atoms with Gasteiger partial charge in [0.2, 0.25) is 5.91 Å². The Balaban J connectivity index is 1.86. The van der Waals surface area contributed by atoms with Crippen molar-refractivity contribution in [1.82, 2.24) is 0 Å². The van der Waals surface area contributed by atoms with E-state index in [9.17, 15) is 9.59 Å². The van der Waals surface area contributed by atoms with Crippen molar-refractivity contribution in [1.29, 1.82) is 0 Å². The summed E-state index contributed by atoms with van der Waals surface area (Å²) < 4.78 is 0. The van der Waals surface area contributed by atoms with Crippen LogP contribution in [0.15, 0.2) is 24.3 Å². The molecule has 1 aromatic rings. The molecule has 0 spiro atoms. The van der Waals surface area contributed by atoms with Crippen molar-refractivity contribution in [3.8, 4) is 0 Å². The van der Waals surface area contributed by atoms with E-state index in [1.165, 1.54) is 0 Å². The molecule has 0 aliphatic heterocycles. The first-order chi connectivity index (χ1) is 10.1. The average molecular weight is 290 g/mol. The first-order valence-corrected chi connectivity index (χ1v) is 7.40. The summed E-state index contributed by atoms with van der Waals surface area (Å²) in [5.41, 5.74) is 7.10. The van der Waals surface area contributed by atoms with E-state index in [-0.39, 0.29) is 18.2 Å². The standard InChI is InChI=1S/C16H22N2O3/c17-10-12-1-5-13(6-2-12)16(21)18-14-7-3-11(4-8-14)9-15(19)20/h3-4,7-8,12-13H,1-2,5-6,9-10,17H2,(H,18,21)(H,19,20). The van der Waals surface area contributed by atoms with Crippen LogP contribution < -0.4 is 11.1 Å². The molecule has 0 aromatic heterocycles. The lowest BCUT2D eigenvalue weighted by Crippen LogP contribution is -2.29. The average Bonchev–Trinajstić information content (AvgIpc) is 2.49. The zero-order chi connectivity index (χ0) is 15.2. The summed E-state index contributed by atoms with van der Waals surface area (Å²) in [5, 5.41) is 11.6. The fourth-order valence-electron chi connectivity index (χ4n) is 2.79. The Morgan fingerprint density at radius 1 is 1.14 bits per heavy atom. The Bertz CT molecular complexity index is 491. The molecule has 0 atom stereocenters. The quantitative estimate of drug-likeness (QED) is 0.773. The highest BCUT2D eigenvalue weighted by atomic mass is 16.4. The number of nitrogens with one attached hydrogen (secondary N) is 1. The molecule has 1 saturated carbocycles. The molecule has 4 N–H and O–H groups in total. The molecule has 21 heavy (non-hydrogen) atoms. The molecule has 1 aromatic carbocycles. The number of carbonyl (C=O) groups excluding carboxylic acids is 1. The highest BCUT2D eigenvalue weighted by Gasteiger charge is 2.25. The van der Waals surface area contributed by atoms with Crippen molar-refractivity contribution in [2.75, 3.05) is 11.9 Å². The molecule has 0 radical (unpaired) electrons. The zero-order valence-corrected chi connectivity index (χ0v) is 12.0. The van der Waals surface area contributed by atoms with Crippen molar-refractivity contribution >= 4 is 17.6 Å². The normalized spacial score (nSPS) is 21.8. The van der Waals surface area contributed by atoms with E-state index in [4.69, 9.17) is 10.8 Å². The van der Waals surface area contributed by atoms with Crippen LogP contribution in [0.1, 0.15) is 31.2 Å². The second kappa shape index (κ2) is 7.22. The molecule has 5 heteroatoms. The number of carboxylic acids is 1. The number of aliphatic carboxylic acids is 1. The molecule has 0 saturated heterocycles. The molecule has 0 bridgehead atoms. The number of nitrogens with two attached hydrogens (primary N) is 1. The fourth-order valence-corrected chi connectivity index (χ4v) is 2.79. The summed E-state index contributed by atoms with van der Waals surface area (Å²) in [6.07, 6.45) is 3.82. The lowest BCUT2D eigenvalue weighted by Gasteiger charge is -2.26. The predicted octanol–water partition coefficient (Wildman–Crippen LogP) is 2.02. The molecule has 2 rings (SSSR count). The Hall–Kier alpha value is -1.88. The summed E-state index contributed by atoms with van der Waals surface area (Å²) in [6.45, 7) is 0.708. The summed E-state index contributed by atoms with van der Waals surface area (Å²) in [7, 11) is 0. The number of rotatable bonds is 5. The van der Waals surface area contributed by atoms with Crippen LogP contribution in [0.2, 0.25) is 0 Å². The second-order valence-electron chi connectivity index (χ2n) is 5.71. The number of amides is 1. The van der Waals surface area contributed by atoms with Crippen molar-refractivity contribution in [3.05, 3.63) is 29.8 Å². The Labute approximate surface area is 124 Å². The van der Waals surface area contributed by atoms with Crippen LogP contribution >= 0.6 is 0 Å². The highest BCUT2D eigenvalue weighted by Crippen LogP contribution is 2.29. The summed E-state index contributed by atoms with van der Waals surface area (Å²) in [4.78, 5) is 22.8. The molecule has 1 fully saturated rings. The van der Waals surface area contributed by atoms with Crippen LogP contribution in [0, 0.1) is 11.8 Å². The highest BCUT2D eigenvalue weighted by molar-refractivity contribution is 5.92. The summed E-state index contributed by atoms with van der Waals surface area (Å²) in [5.74, 6) is -0.184. The Morgan fingerprint density at radius 3 is 2.29 bits per heavy atom. The van der Waals surface area contributed by atoms with Crippen LogP contribution in [-0.2, 0) is 16.0 Å². The van der Waals surface area contributed by atoms with E-state index in [0.717, 1.165) is 36.9 Å². The molecular formula is C16H22N2O3. The number of carboxylic acid groups (broad SMARTS) is 1. The van der Waals surface area contributed by atoms with Crippen LogP contribution in [0.4, 0.5) is 5.69 Å². The van der Waals surface area contributed by atoms with Gasteiger partial charge in [-0.3, -0.25) is 9.59 Å². The van der Waals surface area contributed by atoms with Crippen LogP contribution in [0.5, 0.6) is 0 Å². The maximum absolute atomic E-state index is 12.2. The molecule has 1 amide bonds. The van der Waals surface area contributed by atoms with Gasteiger partial charge in [-0.15, -0.1) is 0 Å². The van der Waals surface area contributed by atoms with Gasteiger partial charge in [-0.25, -0.2) is 0 Å². The monoisotopic (exact) mass is 290 g/mol. The molecule has 114 valence electrons. The first kappa shape index (κ1) is 15.5. The van der Waals surface area contributed by atoms with Crippen LogP contribution in [0.3, 0.4) is 0 Å². The van der Waals surface area contributed by atoms with Gasteiger partial charge in [-0.2, -0.15) is 0 Å². The number of benzene rings is 1. The number of hydrogen-bond donors (Lipinski definition) is 3. The fraction of sp³-hybridized carbons (Fsp3) is 0.500. The third kappa shape index (κ3) is 4.56. The minimum atomic E-state index is -0.858. The maximum atomic E-state index is 12.2. The zero-order valence-electron chi connectivity index (χ0n) is 12.0. The Morgan fingerprint density at radius 2 is 1.76 bits per heavy atom. The smallest absolute Gasteiger partial charge is 0.307 e. The SMILES string of the molecule is NCC1CCC(C(=O)Nc2ccc(CC(=O)O)cc2)CC1. The minimum Gasteiger partial charge on any atom is -0.481 e. The molecule has 1 aliphatic rings. The molecule has 0 heterocycles. The van der Waals surface area contributed by atoms with E-state index in [1.54, 1.807) is 24.3 Å². The number of anilines is 1. The van der Waals surface area contributed by atoms with Gasteiger partial charge in [0.15, 0.2) is 0 Å². The van der Waals surface area contributed by atoms with Crippen molar-refractivity contribution in [2.45, 2.75) is 32.1 Å². The topological polar surface area (TPSA) is 92.4 Å². The third-order valence-corrected chi connectivity index (χ3v) is 4.13. The van der Waals surface area contributed by atoms with Gasteiger partial charge in [0.1, 0.15) is 0 Å². The largest absolute Gasteiger partial charge is 0.481 e. The first-order valence-electron chi connectivity index (χ1n) is 7.40. The number of carbonyl (C=O) groups is 2. The van der Waals surface area contributed by atoms with Crippen molar-refractivity contribution in [3.63, 3.8) is 0 Å². The van der Waals surface area contributed by atoms with Gasteiger partial charge < -0.3 is 16.2 Å². The van der Waals surface area contributed by atoms with E-state index in [1.807, 2.05) is 0 Å². The van der Waals surface area contributed by atoms with Gasteiger partial charge in [-0.1, -0.05) is 12.1 Å². The van der Waals surface area contributed by atoms with Gasteiger partial charge in [0.05, 0.1) is 6.42 Å². The van der Waals surface area contributed by atoms with E-state index in [2.05, 4.69) is 5.32 Å². The lowest BCUT2D eigenvalue weighted by atomic mass is 9.81. The summed E-state index contributed by atoms with van der Waals surface area (Å²) in [6, 6.07) is 6.97. The predicted molar refractivity (Wildman–Crippen MR) is 80.9 cm³/mol. The molecule has 0 unspecified atom stereocenters. The number of hydrogen-bond acceptors (Lipinski definition) is 3. The molecule has 5 nitrogen and oxygen atoms in total. The van der Waals surface area contributed by atoms with Crippen molar-refractivity contribution < 1.29 is 14.7 Å². The summed E-state index contributed by atoms with van der Waals surface area (Å²) >= 11 is 0. The minimum absolute atomic E-state index is 0.00265. The van der Waals surface area contributed by atoms with Gasteiger partial charge >= 0.3 is 5.97 Å². The van der Waals surface area contributed by atoms with E-state index in [0.29, 0.717) is 12.5 Å².